The highest BCUT2D eigenvalue weighted by Gasteiger charge is 2.28. The zero-order valence-corrected chi connectivity index (χ0v) is 12.0. The third-order valence-corrected chi connectivity index (χ3v) is 3.55. The molecule has 110 valence electrons. The topological polar surface area (TPSA) is 86.5 Å². The van der Waals surface area contributed by atoms with Crippen molar-refractivity contribution in [3.05, 3.63) is 23.3 Å². The van der Waals surface area contributed by atoms with Gasteiger partial charge >= 0.3 is 5.97 Å². The Hall–Kier alpha value is -2.31. The summed E-state index contributed by atoms with van der Waals surface area (Å²) in [7, 11) is 0. The van der Waals surface area contributed by atoms with Crippen molar-refractivity contribution in [1.29, 1.82) is 0 Å². The maximum Gasteiger partial charge on any atom is 0.379 e. The van der Waals surface area contributed by atoms with E-state index in [0.717, 1.165) is 24.2 Å². The number of carbonyl (C=O) groups excluding carboxylic acids is 2. The van der Waals surface area contributed by atoms with Gasteiger partial charge in [-0.1, -0.05) is 0 Å². The largest absolute Gasteiger partial charge is 0.448 e. The maximum atomic E-state index is 12.1. The van der Waals surface area contributed by atoms with Gasteiger partial charge in [0.25, 0.3) is 11.6 Å². The third-order valence-electron chi connectivity index (χ3n) is 3.55. The molecule has 0 radical (unpaired) electrons. The first kappa shape index (κ1) is 13.7. The molecule has 7 nitrogen and oxygen atoms in total. The lowest BCUT2D eigenvalue weighted by Gasteiger charge is -2.19. The highest BCUT2D eigenvalue weighted by atomic mass is 16.5. The summed E-state index contributed by atoms with van der Waals surface area (Å²) in [5, 5.41) is 4.10. The Labute approximate surface area is 121 Å². The second-order valence-corrected chi connectivity index (χ2v) is 5.29. The van der Waals surface area contributed by atoms with Gasteiger partial charge in [0.15, 0.2) is 11.9 Å². The summed E-state index contributed by atoms with van der Waals surface area (Å²) in [5.41, 5.74) is 1.63. The van der Waals surface area contributed by atoms with Crippen molar-refractivity contribution in [3.8, 4) is 0 Å². The van der Waals surface area contributed by atoms with Crippen molar-refractivity contribution in [2.45, 2.75) is 45.6 Å². The average Bonchev–Trinajstić information content (AvgIpc) is 2.85. The third kappa shape index (κ3) is 2.63. The minimum atomic E-state index is -0.669. The molecule has 1 saturated carbocycles. The first-order chi connectivity index (χ1) is 10.0. The Bertz CT molecular complexity index is 722. The van der Waals surface area contributed by atoms with Crippen molar-refractivity contribution in [3.63, 3.8) is 0 Å². The van der Waals surface area contributed by atoms with Crippen molar-refractivity contribution >= 4 is 17.5 Å². The number of rotatable bonds is 2. The van der Waals surface area contributed by atoms with Gasteiger partial charge in [-0.15, -0.1) is 5.10 Å². The number of ether oxygens (including phenoxy) is 1. The van der Waals surface area contributed by atoms with Crippen LogP contribution in [0, 0.1) is 13.8 Å². The highest BCUT2D eigenvalue weighted by molar-refractivity contribution is 5.90. The molecule has 2 heterocycles. The number of aromatic nitrogens is 4. The molecule has 0 aliphatic heterocycles. The van der Waals surface area contributed by atoms with E-state index in [-0.39, 0.29) is 11.6 Å². The fraction of sp³-hybridized carbons (Fsp3) is 0.500. The standard InChI is InChI=1S/C14H16N4O3/c1-8-7-9(2)18-14(15-8)16-12(17-18)13(20)21-11-6-4-3-5-10(11)19/h7,11H,3-6H2,1-2H3/t11-/m0/s1. The quantitative estimate of drug-likeness (QED) is 0.776. The molecule has 7 heteroatoms. The zero-order valence-electron chi connectivity index (χ0n) is 12.0. The molecule has 0 unspecified atom stereocenters. The molecular weight excluding hydrogens is 272 g/mol. The summed E-state index contributed by atoms with van der Waals surface area (Å²) in [6.45, 7) is 3.70. The zero-order chi connectivity index (χ0) is 15.0. The predicted octanol–water partition coefficient (Wildman–Crippen LogP) is 1.41. The Balaban J connectivity index is 1.84. The molecule has 3 rings (SSSR count). The minimum Gasteiger partial charge on any atom is -0.448 e. The van der Waals surface area contributed by atoms with Crippen LogP contribution in [0.5, 0.6) is 0 Å². The van der Waals surface area contributed by atoms with E-state index >= 15 is 0 Å². The van der Waals surface area contributed by atoms with Crippen molar-refractivity contribution in [1.82, 2.24) is 19.6 Å². The number of nitrogens with zero attached hydrogens (tertiary/aromatic N) is 4. The smallest absolute Gasteiger partial charge is 0.379 e. The van der Waals surface area contributed by atoms with Gasteiger partial charge in [0.05, 0.1) is 0 Å². The number of carbonyl (C=O) groups is 2. The van der Waals surface area contributed by atoms with Gasteiger partial charge in [-0.3, -0.25) is 4.79 Å². The van der Waals surface area contributed by atoms with Crippen LogP contribution >= 0.6 is 0 Å². The molecule has 2 aromatic heterocycles. The Morgan fingerprint density at radius 1 is 1.33 bits per heavy atom. The molecule has 1 aliphatic carbocycles. The lowest BCUT2D eigenvalue weighted by Crippen LogP contribution is -2.30. The van der Waals surface area contributed by atoms with Gasteiger partial charge in [0, 0.05) is 17.8 Å². The molecule has 0 amide bonds. The van der Waals surface area contributed by atoms with Gasteiger partial charge in [0.1, 0.15) is 0 Å². The fourth-order valence-corrected chi connectivity index (χ4v) is 2.51. The summed E-state index contributed by atoms with van der Waals surface area (Å²) in [6, 6.07) is 1.85. The van der Waals surface area contributed by atoms with Gasteiger partial charge in [-0.2, -0.15) is 4.98 Å². The van der Waals surface area contributed by atoms with E-state index in [1.807, 2.05) is 19.9 Å². The molecule has 0 spiro atoms. The van der Waals surface area contributed by atoms with Crippen LogP contribution in [-0.2, 0) is 9.53 Å². The molecule has 0 N–H and O–H groups in total. The Morgan fingerprint density at radius 3 is 2.90 bits per heavy atom. The summed E-state index contributed by atoms with van der Waals surface area (Å²) in [4.78, 5) is 32.1. The lowest BCUT2D eigenvalue weighted by molar-refractivity contribution is -0.130. The number of esters is 1. The molecule has 21 heavy (non-hydrogen) atoms. The van der Waals surface area contributed by atoms with Crippen molar-refractivity contribution < 1.29 is 14.3 Å². The van der Waals surface area contributed by atoms with Crippen LogP contribution < -0.4 is 0 Å². The summed E-state index contributed by atoms with van der Waals surface area (Å²) in [6.07, 6.45) is 2.14. The monoisotopic (exact) mass is 288 g/mol. The molecule has 1 atom stereocenters. The van der Waals surface area contributed by atoms with Gasteiger partial charge in [0.2, 0.25) is 0 Å². The Morgan fingerprint density at radius 2 is 2.14 bits per heavy atom. The van der Waals surface area contributed by atoms with Crippen LogP contribution in [0.4, 0.5) is 0 Å². The van der Waals surface area contributed by atoms with Crippen molar-refractivity contribution in [2.24, 2.45) is 0 Å². The SMILES string of the molecule is Cc1cc(C)n2nc(C(=O)O[C@H]3CCCCC3=O)nc2n1. The summed E-state index contributed by atoms with van der Waals surface area (Å²) in [5.74, 6) is -0.398. The van der Waals surface area contributed by atoms with Crippen LogP contribution in [-0.4, -0.2) is 37.4 Å². The number of Topliss-reactive ketones (excluding diaryl/α,β-unsaturated/α-hetero) is 1. The van der Waals surface area contributed by atoms with Crippen LogP contribution in [0.1, 0.15) is 47.7 Å². The number of aryl methyl sites for hydroxylation is 2. The number of hydrogen-bond donors (Lipinski definition) is 0. The van der Waals surface area contributed by atoms with Gasteiger partial charge < -0.3 is 4.74 Å². The molecule has 0 aromatic carbocycles. The first-order valence-corrected chi connectivity index (χ1v) is 6.99. The van der Waals surface area contributed by atoms with E-state index in [9.17, 15) is 9.59 Å². The first-order valence-electron chi connectivity index (χ1n) is 6.99. The van der Waals surface area contributed by atoms with Crippen LogP contribution in [0.25, 0.3) is 5.78 Å². The highest BCUT2D eigenvalue weighted by Crippen LogP contribution is 2.18. The molecule has 1 fully saturated rings. The van der Waals surface area contributed by atoms with Gasteiger partial charge in [-0.25, -0.2) is 14.3 Å². The molecule has 0 saturated heterocycles. The Kier molecular flexibility index (Phi) is 3.40. The number of ketones is 1. The van der Waals surface area contributed by atoms with E-state index in [4.69, 9.17) is 4.74 Å². The van der Waals surface area contributed by atoms with Crippen LogP contribution in [0.2, 0.25) is 0 Å². The maximum absolute atomic E-state index is 12.1. The molecule has 2 aromatic rings. The second kappa shape index (κ2) is 5.23. The fourth-order valence-electron chi connectivity index (χ4n) is 2.51. The molecular formula is C14H16N4O3. The average molecular weight is 288 g/mol. The lowest BCUT2D eigenvalue weighted by atomic mass is 9.96. The predicted molar refractivity (Wildman–Crippen MR) is 72.9 cm³/mol. The van der Waals surface area contributed by atoms with E-state index in [2.05, 4.69) is 15.1 Å². The summed E-state index contributed by atoms with van der Waals surface area (Å²) >= 11 is 0. The molecule has 0 bridgehead atoms. The summed E-state index contributed by atoms with van der Waals surface area (Å²) < 4.78 is 6.73. The van der Waals surface area contributed by atoms with E-state index in [1.165, 1.54) is 4.52 Å². The second-order valence-electron chi connectivity index (χ2n) is 5.29. The van der Waals surface area contributed by atoms with E-state index in [1.54, 1.807) is 0 Å². The minimum absolute atomic E-state index is 0.0245. The van der Waals surface area contributed by atoms with Crippen molar-refractivity contribution in [2.75, 3.05) is 0 Å². The number of hydrogen-bond acceptors (Lipinski definition) is 6. The number of fused-ring (bicyclic) bond motifs is 1. The van der Waals surface area contributed by atoms with Crippen LogP contribution in [0.3, 0.4) is 0 Å². The van der Waals surface area contributed by atoms with E-state index < -0.39 is 12.1 Å². The van der Waals surface area contributed by atoms with E-state index in [0.29, 0.717) is 18.6 Å². The van der Waals surface area contributed by atoms with Crippen LogP contribution in [0.15, 0.2) is 6.07 Å². The van der Waals surface area contributed by atoms with Gasteiger partial charge in [-0.05, 0) is 39.2 Å². The normalized spacial score (nSPS) is 19.0. The molecule has 1 aliphatic rings.